The number of hydrogen-bond donors (Lipinski definition) is 1. The van der Waals surface area contributed by atoms with Crippen LogP contribution in [0.15, 0.2) is 45.9 Å². The predicted octanol–water partition coefficient (Wildman–Crippen LogP) is 3.43. The molecule has 6 heteroatoms. The van der Waals surface area contributed by atoms with Crippen LogP contribution in [0.5, 0.6) is 0 Å². The molecule has 0 atom stereocenters. The van der Waals surface area contributed by atoms with E-state index in [0.29, 0.717) is 25.8 Å². The molecule has 0 radical (unpaired) electrons. The Morgan fingerprint density at radius 1 is 1.25 bits per heavy atom. The van der Waals surface area contributed by atoms with Gasteiger partial charge >= 0.3 is 0 Å². The molecule has 0 bridgehead atoms. The Morgan fingerprint density at radius 2 is 2.04 bits per heavy atom. The third kappa shape index (κ3) is 4.27. The van der Waals surface area contributed by atoms with Crippen molar-refractivity contribution in [2.24, 2.45) is 10.2 Å². The van der Waals surface area contributed by atoms with Gasteiger partial charge in [-0.1, -0.05) is 30.3 Å². The number of terminal acetylenes is 1. The van der Waals surface area contributed by atoms with Crippen LogP contribution in [0.3, 0.4) is 0 Å². The highest BCUT2D eigenvalue weighted by molar-refractivity contribution is 7.10. The van der Waals surface area contributed by atoms with Crippen molar-refractivity contribution >= 4 is 17.2 Å². The van der Waals surface area contributed by atoms with Crippen molar-refractivity contribution in [1.82, 2.24) is 10.3 Å². The minimum atomic E-state index is -0.346. The van der Waals surface area contributed by atoms with Crippen LogP contribution in [0, 0.1) is 12.3 Å². The van der Waals surface area contributed by atoms with E-state index in [4.69, 9.17) is 6.42 Å². The van der Waals surface area contributed by atoms with E-state index in [1.165, 1.54) is 11.3 Å². The molecule has 1 aliphatic heterocycles. The first kappa shape index (κ1) is 16.3. The largest absolute Gasteiger partial charge is 0.356 e. The first-order valence-corrected chi connectivity index (χ1v) is 8.73. The first-order chi connectivity index (χ1) is 11.7. The smallest absolute Gasteiger partial charge is 0.226 e. The second-order valence-corrected chi connectivity index (χ2v) is 6.60. The van der Waals surface area contributed by atoms with Crippen molar-refractivity contribution in [2.45, 2.75) is 31.3 Å². The van der Waals surface area contributed by atoms with Crippen molar-refractivity contribution < 1.29 is 4.79 Å². The van der Waals surface area contributed by atoms with Crippen LogP contribution < -0.4 is 5.32 Å². The lowest BCUT2D eigenvalue weighted by Crippen LogP contribution is -2.29. The van der Waals surface area contributed by atoms with Gasteiger partial charge in [0, 0.05) is 36.8 Å². The molecule has 122 valence electrons. The number of nitrogens with zero attached hydrogens (tertiary/aromatic N) is 3. The van der Waals surface area contributed by atoms with Crippen molar-refractivity contribution in [3.8, 4) is 23.6 Å². The van der Waals surface area contributed by atoms with Crippen LogP contribution in [0.2, 0.25) is 0 Å². The fourth-order valence-corrected chi connectivity index (χ4v) is 3.21. The fourth-order valence-electron chi connectivity index (χ4n) is 2.40. The molecule has 0 aliphatic carbocycles. The van der Waals surface area contributed by atoms with E-state index in [0.717, 1.165) is 22.7 Å². The van der Waals surface area contributed by atoms with Crippen molar-refractivity contribution in [3.63, 3.8) is 0 Å². The number of nitrogens with one attached hydrogen (secondary N) is 1. The Balaban J connectivity index is 1.44. The number of hydrogen-bond acceptors (Lipinski definition) is 5. The first-order valence-electron chi connectivity index (χ1n) is 7.85. The quantitative estimate of drug-likeness (QED) is 0.749. The zero-order valence-corrected chi connectivity index (χ0v) is 14.1. The maximum atomic E-state index is 12.0. The van der Waals surface area contributed by atoms with E-state index < -0.39 is 0 Å². The predicted molar refractivity (Wildman–Crippen MR) is 94.5 cm³/mol. The van der Waals surface area contributed by atoms with E-state index in [-0.39, 0.29) is 11.6 Å². The normalized spacial score (nSPS) is 14.1. The van der Waals surface area contributed by atoms with E-state index in [1.54, 1.807) is 0 Å². The van der Waals surface area contributed by atoms with E-state index in [9.17, 15) is 4.79 Å². The third-order valence-electron chi connectivity index (χ3n) is 3.83. The average molecular weight is 338 g/mol. The highest BCUT2D eigenvalue weighted by Crippen LogP contribution is 2.36. The Hall–Kier alpha value is -2.52. The Kier molecular flexibility index (Phi) is 5.02. The molecule has 1 N–H and O–H groups in total. The standard InChI is InChI=1S/C18H18N4OS/c1-2-3-9-18(21-22-18)10-11-19-16(23)12-17-20-15(13-24-17)14-7-5-4-6-8-14/h1,4-8,13H,3,9-12H2,(H,19,23). The molecule has 5 nitrogen and oxygen atoms in total. The second kappa shape index (κ2) is 7.37. The monoisotopic (exact) mass is 338 g/mol. The lowest BCUT2D eigenvalue weighted by molar-refractivity contribution is -0.120. The molecule has 0 unspecified atom stereocenters. The Morgan fingerprint density at radius 3 is 2.75 bits per heavy atom. The molecule has 0 fully saturated rings. The summed E-state index contributed by atoms with van der Waals surface area (Å²) < 4.78 is 0. The van der Waals surface area contributed by atoms with Crippen molar-refractivity contribution in [3.05, 3.63) is 40.7 Å². The summed E-state index contributed by atoms with van der Waals surface area (Å²) in [6.45, 7) is 0.549. The molecule has 1 aromatic carbocycles. The number of benzene rings is 1. The number of thiazole rings is 1. The maximum absolute atomic E-state index is 12.0. The summed E-state index contributed by atoms with van der Waals surface area (Å²) in [5.41, 5.74) is 1.63. The topological polar surface area (TPSA) is 66.7 Å². The lowest BCUT2D eigenvalue weighted by atomic mass is 10.0. The van der Waals surface area contributed by atoms with Gasteiger partial charge in [0.25, 0.3) is 0 Å². The number of amides is 1. The highest BCUT2D eigenvalue weighted by Gasteiger charge is 2.38. The number of carbonyl (C=O) groups is 1. The van der Waals surface area contributed by atoms with Crippen LogP contribution in [0.1, 0.15) is 24.3 Å². The summed E-state index contributed by atoms with van der Waals surface area (Å²) in [6, 6.07) is 9.95. The number of carbonyl (C=O) groups excluding carboxylic acids is 1. The SMILES string of the molecule is C#CCCC1(CCNC(=O)Cc2nc(-c3ccccc3)cs2)N=N1. The minimum absolute atomic E-state index is 0.0308. The van der Waals surface area contributed by atoms with Crippen molar-refractivity contribution in [1.29, 1.82) is 0 Å². The van der Waals surface area contributed by atoms with Gasteiger partial charge in [0.15, 0.2) is 5.66 Å². The van der Waals surface area contributed by atoms with Gasteiger partial charge in [-0.05, 0) is 0 Å². The molecular weight excluding hydrogens is 320 g/mol. The summed E-state index contributed by atoms with van der Waals surface area (Å²) >= 11 is 1.50. The Labute approximate surface area is 145 Å². The molecule has 1 amide bonds. The molecule has 2 heterocycles. The summed E-state index contributed by atoms with van der Waals surface area (Å²) in [6.07, 6.45) is 7.67. The highest BCUT2D eigenvalue weighted by atomic mass is 32.1. The summed E-state index contributed by atoms with van der Waals surface area (Å²) in [5, 5.41) is 13.8. The van der Waals surface area contributed by atoms with Crippen LogP contribution in [0.25, 0.3) is 11.3 Å². The van der Waals surface area contributed by atoms with E-state index >= 15 is 0 Å². The van der Waals surface area contributed by atoms with Gasteiger partial charge in [-0.3, -0.25) is 4.79 Å². The van der Waals surface area contributed by atoms with Crippen LogP contribution >= 0.6 is 11.3 Å². The molecule has 1 aliphatic rings. The van der Waals surface area contributed by atoms with Gasteiger partial charge in [-0.2, -0.15) is 10.2 Å². The zero-order chi connectivity index (χ0) is 16.8. The summed E-state index contributed by atoms with van der Waals surface area (Å²) in [4.78, 5) is 16.6. The van der Waals surface area contributed by atoms with Crippen molar-refractivity contribution in [2.75, 3.05) is 6.54 Å². The van der Waals surface area contributed by atoms with E-state index in [1.807, 2.05) is 35.7 Å². The summed E-state index contributed by atoms with van der Waals surface area (Å²) in [7, 11) is 0. The van der Waals surface area contributed by atoms with Gasteiger partial charge in [-0.15, -0.1) is 23.7 Å². The van der Waals surface area contributed by atoms with Gasteiger partial charge in [0.1, 0.15) is 5.01 Å². The molecule has 1 aromatic heterocycles. The van der Waals surface area contributed by atoms with E-state index in [2.05, 4.69) is 26.4 Å². The second-order valence-electron chi connectivity index (χ2n) is 5.66. The third-order valence-corrected chi connectivity index (χ3v) is 4.68. The molecule has 0 saturated carbocycles. The summed E-state index contributed by atoms with van der Waals surface area (Å²) in [5.74, 6) is 2.57. The van der Waals surface area contributed by atoms with Gasteiger partial charge in [0.2, 0.25) is 5.91 Å². The average Bonchev–Trinajstić information content (AvgIpc) is 3.22. The molecule has 2 aromatic rings. The minimum Gasteiger partial charge on any atom is -0.356 e. The van der Waals surface area contributed by atoms with Gasteiger partial charge < -0.3 is 5.32 Å². The molecule has 0 saturated heterocycles. The lowest BCUT2D eigenvalue weighted by Gasteiger charge is -2.09. The molecule has 0 spiro atoms. The van der Waals surface area contributed by atoms with Gasteiger partial charge in [-0.25, -0.2) is 4.98 Å². The molecular formula is C18H18N4OS. The van der Waals surface area contributed by atoms with Crippen LogP contribution in [0.4, 0.5) is 0 Å². The maximum Gasteiger partial charge on any atom is 0.226 e. The van der Waals surface area contributed by atoms with Crippen LogP contribution in [-0.2, 0) is 11.2 Å². The number of rotatable bonds is 8. The molecule has 3 rings (SSSR count). The fraction of sp³-hybridized carbons (Fsp3) is 0.333. The van der Waals surface area contributed by atoms with Gasteiger partial charge in [0.05, 0.1) is 12.1 Å². The van der Waals surface area contributed by atoms with Crippen LogP contribution in [-0.4, -0.2) is 23.1 Å². The number of aromatic nitrogens is 1. The Bertz CT molecular complexity index is 770. The zero-order valence-electron chi connectivity index (χ0n) is 13.2. The molecule has 24 heavy (non-hydrogen) atoms.